The molecule has 1 aliphatic rings. The van der Waals surface area contributed by atoms with Gasteiger partial charge >= 0.3 is 0 Å². The van der Waals surface area contributed by atoms with Crippen LogP contribution >= 0.6 is 0 Å². The predicted molar refractivity (Wildman–Crippen MR) is 92.2 cm³/mol. The molecule has 1 aromatic rings. The van der Waals surface area contributed by atoms with E-state index in [1.54, 1.807) is 0 Å². The Labute approximate surface area is 127 Å². The summed E-state index contributed by atoms with van der Waals surface area (Å²) in [4.78, 5) is 0. The molecule has 1 aromatic carbocycles. The van der Waals surface area contributed by atoms with Gasteiger partial charge in [0.1, 0.15) is 0 Å². The molecule has 0 unspecified atom stereocenters. The SMILES string of the molecule is CC.CC.Cc1ccc2c(c1)C(C)(C)CC(C)(C)C#C2. The normalized spacial score (nSPS) is 16.9. The first-order chi connectivity index (χ1) is 9.30. The summed E-state index contributed by atoms with van der Waals surface area (Å²) in [7, 11) is 0. The molecule has 0 fully saturated rings. The highest BCUT2D eigenvalue weighted by molar-refractivity contribution is 5.49. The molecule has 0 saturated carbocycles. The standard InChI is InChI=1S/C16H20.2C2H6/c1-12-6-7-13-8-9-15(2,3)11-16(4,5)14(13)10-12;2*1-2/h6-7,10H,11H2,1-5H3;2*1-2H3. The van der Waals surface area contributed by atoms with Gasteiger partial charge in [0.05, 0.1) is 0 Å². The maximum absolute atomic E-state index is 3.40. The molecule has 0 spiro atoms. The second-order valence-corrected chi connectivity index (χ2v) is 6.24. The average molecular weight is 272 g/mol. The molecule has 0 amide bonds. The molecule has 0 atom stereocenters. The fourth-order valence-corrected chi connectivity index (χ4v) is 2.81. The summed E-state index contributed by atoms with van der Waals surface area (Å²) in [6.45, 7) is 19.3. The molecule has 0 heterocycles. The van der Waals surface area contributed by atoms with Gasteiger partial charge in [0.25, 0.3) is 0 Å². The van der Waals surface area contributed by atoms with E-state index >= 15 is 0 Å². The minimum absolute atomic E-state index is 0.108. The van der Waals surface area contributed by atoms with Crippen molar-refractivity contribution in [1.29, 1.82) is 0 Å². The van der Waals surface area contributed by atoms with E-state index in [1.165, 1.54) is 16.7 Å². The fraction of sp³-hybridized carbons (Fsp3) is 0.600. The molecular weight excluding hydrogens is 240 g/mol. The van der Waals surface area contributed by atoms with Crippen molar-refractivity contribution in [3.63, 3.8) is 0 Å². The molecule has 0 aromatic heterocycles. The Balaban J connectivity index is 0.000000829. The molecule has 112 valence electrons. The van der Waals surface area contributed by atoms with E-state index in [0.29, 0.717) is 0 Å². The van der Waals surface area contributed by atoms with E-state index in [9.17, 15) is 0 Å². The molecule has 0 radical (unpaired) electrons. The number of aryl methyl sites for hydroxylation is 1. The fourth-order valence-electron chi connectivity index (χ4n) is 2.81. The van der Waals surface area contributed by atoms with Crippen molar-refractivity contribution in [2.45, 2.75) is 74.1 Å². The zero-order valence-corrected chi connectivity index (χ0v) is 14.9. The molecule has 1 aliphatic carbocycles. The van der Waals surface area contributed by atoms with E-state index < -0.39 is 0 Å². The first-order valence-corrected chi connectivity index (χ1v) is 7.95. The second kappa shape index (κ2) is 7.53. The van der Waals surface area contributed by atoms with E-state index in [4.69, 9.17) is 0 Å². The van der Waals surface area contributed by atoms with Crippen molar-refractivity contribution in [3.05, 3.63) is 34.9 Å². The maximum atomic E-state index is 3.40. The molecule has 2 rings (SSSR count). The third kappa shape index (κ3) is 4.71. The third-order valence-corrected chi connectivity index (χ3v) is 3.32. The van der Waals surface area contributed by atoms with Gasteiger partial charge in [-0.1, -0.05) is 71.1 Å². The maximum Gasteiger partial charge on any atom is 0.0283 e. The quantitative estimate of drug-likeness (QED) is 0.500. The zero-order valence-electron chi connectivity index (χ0n) is 14.9. The van der Waals surface area contributed by atoms with E-state index in [0.717, 1.165) is 6.42 Å². The summed E-state index contributed by atoms with van der Waals surface area (Å²) in [5, 5.41) is 0. The molecule has 0 bridgehead atoms. The smallest absolute Gasteiger partial charge is 0.0283 e. The number of benzene rings is 1. The number of rotatable bonds is 0. The molecule has 0 heteroatoms. The predicted octanol–water partition coefficient (Wildman–Crippen LogP) is 6.11. The minimum atomic E-state index is 0.108. The Kier molecular flexibility index (Phi) is 7.07. The highest BCUT2D eigenvalue weighted by Crippen LogP contribution is 2.39. The number of fused-ring (bicyclic) bond motifs is 1. The van der Waals surface area contributed by atoms with Gasteiger partial charge in [-0.05, 0) is 44.2 Å². The zero-order chi connectivity index (χ0) is 16.0. The molecule has 20 heavy (non-hydrogen) atoms. The van der Waals surface area contributed by atoms with Gasteiger partial charge in [-0.2, -0.15) is 0 Å². The molecule has 0 aliphatic heterocycles. The Morgan fingerprint density at radius 2 is 1.50 bits per heavy atom. The lowest BCUT2D eigenvalue weighted by Gasteiger charge is -2.31. The van der Waals surface area contributed by atoms with Gasteiger partial charge in [0.15, 0.2) is 0 Å². The Morgan fingerprint density at radius 1 is 0.950 bits per heavy atom. The van der Waals surface area contributed by atoms with Crippen LogP contribution in [0.1, 0.15) is 78.5 Å². The van der Waals surface area contributed by atoms with Crippen LogP contribution in [0.25, 0.3) is 0 Å². The van der Waals surface area contributed by atoms with Gasteiger partial charge in [-0.25, -0.2) is 0 Å². The lowest BCUT2D eigenvalue weighted by molar-refractivity contribution is 0.335. The minimum Gasteiger partial charge on any atom is -0.0916 e. The second-order valence-electron chi connectivity index (χ2n) is 6.24. The first-order valence-electron chi connectivity index (χ1n) is 7.95. The molecule has 0 nitrogen and oxygen atoms in total. The van der Waals surface area contributed by atoms with Crippen molar-refractivity contribution in [3.8, 4) is 11.8 Å². The van der Waals surface area contributed by atoms with Crippen LogP contribution in [0.15, 0.2) is 18.2 Å². The van der Waals surface area contributed by atoms with Crippen molar-refractivity contribution < 1.29 is 0 Å². The van der Waals surface area contributed by atoms with Crippen LogP contribution in [0, 0.1) is 24.2 Å². The summed E-state index contributed by atoms with van der Waals surface area (Å²) in [6.07, 6.45) is 1.11. The van der Waals surface area contributed by atoms with Gasteiger partial charge < -0.3 is 0 Å². The van der Waals surface area contributed by atoms with Crippen LogP contribution in [0.5, 0.6) is 0 Å². The third-order valence-electron chi connectivity index (χ3n) is 3.32. The van der Waals surface area contributed by atoms with Crippen molar-refractivity contribution in [2.75, 3.05) is 0 Å². The Bertz CT molecular complexity index is 478. The summed E-state index contributed by atoms with van der Waals surface area (Å²) in [5.41, 5.74) is 4.25. The van der Waals surface area contributed by atoms with Crippen LogP contribution in [-0.2, 0) is 5.41 Å². The van der Waals surface area contributed by atoms with Crippen molar-refractivity contribution >= 4 is 0 Å². The highest BCUT2D eigenvalue weighted by Gasteiger charge is 2.32. The largest absolute Gasteiger partial charge is 0.0916 e. The summed E-state index contributed by atoms with van der Waals surface area (Å²) >= 11 is 0. The molecule has 0 saturated heterocycles. The van der Waals surface area contributed by atoms with E-state index in [-0.39, 0.29) is 10.8 Å². The summed E-state index contributed by atoms with van der Waals surface area (Å²) in [6, 6.07) is 6.62. The average Bonchev–Trinajstić information content (AvgIpc) is 2.49. The summed E-state index contributed by atoms with van der Waals surface area (Å²) < 4.78 is 0. The highest BCUT2D eigenvalue weighted by atomic mass is 14.3. The van der Waals surface area contributed by atoms with E-state index in [1.807, 2.05) is 27.7 Å². The monoisotopic (exact) mass is 272 g/mol. The van der Waals surface area contributed by atoms with Crippen LogP contribution in [-0.4, -0.2) is 0 Å². The Morgan fingerprint density at radius 3 is 2.05 bits per heavy atom. The van der Waals surface area contributed by atoms with Crippen LogP contribution in [0.3, 0.4) is 0 Å². The van der Waals surface area contributed by atoms with Gasteiger partial charge in [-0.15, -0.1) is 0 Å². The number of hydrogen-bond acceptors (Lipinski definition) is 0. The van der Waals surface area contributed by atoms with Gasteiger partial charge in [-0.3, -0.25) is 0 Å². The lowest BCUT2D eigenvalue weighted by atomic mass is 9.72. The number of hydrogen-bond donors (Lipinski definition) is 0. The summed E-state index contributed by atoms with van der Waals surface area (Å²) in [5.74, 6) is 6.75. The molecule has 0 N–H and O–H groups in total. The van der Waals surface area contributed by atoms with Crippen LogP contribution in [0.4, 0.5) is 0 Å². The van der Waals surface area contributed by atoms with Gasteiger partial charge in [0, 0.05) is 11.0 Å². The van der Waals surface area contributed by atoms with Crippen molar-refractivity contribution in [1.82, 2.24) is 0 Å². The van der Waals surface area contributed by atoms with Crippen LogP contribution in [0.2, 0.25) is 0 Å². The lowest BCUT2D eigenvalue weighted by Crippen LogP contribution is -2.25. The van der Waals surface area contributed by atoms with E-state index in [2.05, 4.69) is 64.7 Å². The topological polar surface area (TPSA) is 0 Å². The first kappa shape index (κ1) is 18.8. The van der Waals surface area contributed by atoms with Gasteiger partial charge in [0.2, 0.25) is 0 Å². The van der Waals surface area contributed by atoms with Crippen molar-refractivity contribution in [2.24, 2.45) is 5.41 Å². The molecular formula is C20H32. The Hall–Kier alpha value is -1.22. The van der Waals surface area contributed by atoms with Crippen LogP contribution < -0.4 is 0 Å².